The maximum absolute atomic E-state index is 4.40. The van der Waals surface area contributed by atoms with Crippen molar-refractivity contribution >= 4 is 21.6 Å². The molecule has 1 aromatic heterocycles. The molecule has 1 N–H and O–H groups in total. The van der Waals surface area contributed by atoms with Gasteiger partial charge in [-0.3, -0.25) is 4.68 Å². The number of hydrogen-bond donors (Lipinski definition) is 1. The zero-order valence-corrected chi connectivity index (χ0v) is 12.9. The lowest BCUT2D eigenvalue weighted by molar-refractivity contribution is 0.571. The number of nitrogens with one attached hydrogen (secondary N) is 1. The van der Waals surface area contributed by atoms with Crippen LogP contribution in [0.3, 0.4) is 0 Å². The van der Waals surface area contributed by atoms with Gasteiger partial charge in [0.2, 0.25) is 0 Å². The third kappa shape index (κ3) is 2.29. The molecule has 0 saturated carbocycles. The smallest absolute Gasteiger partial charge is 0.0547 e. The molecule has 1 aliphatic carbocycles. The van der Waals surface area contributed by atoms with Crippen molar-refractivity contribution in [2.24, 2.45) is 7.05 Å². The average molecular weight is 320 g/mol. The van der Waals surface area contributed by atoms with E-state index in [-0.39, 0.29) is 0 Å². The number of halogens is 1. The van der Waals surface area contributed by atoms with Gasteiger partial charge in [-0.25, -0.2) is 0 Å². The average Bonchev–Trinajstić information content (AvgIpc) is 2.78. The fraction of sp³-hybridized carbons (Fsp3) is 0.400. The van der Waals surface area contributed by atoms with Crippen LogP contribution >= 0.6 is 15.9 Å². The Labute approximate surface area is 122 Å². The Bertz CT molecular complexity index is 603. The standard InChI is InChI=1S/C15H18BrN3/c1-10-12(16)5-3-6-13(10)18-14-7-4-8-15-11(14)9-17-19(15)2/h3,5-6,9,14,18H,4,7-8H2,1-2H3. The van der Waals surface area contributed by atoms with Gasteiger partial charge in [0, 0.05) is 28.5 Å². The first-order valence-electron chi connectivity index (χ1n) is 6.69. The first kappa shape index (κ1) is 12.7. The van der Waals surface area contributed by atoms with Gasteiger partial charge in [0.05, 0.1) is 12.2 Å². The molecule has 19 heavy (non-hydrogen) atoms. The summed E-state index contributed by atoms with van der Waals surface area (Å²) in [6, 6.07) is 6.68. The van der Waals surface area contributed by atoms with Gasteiger partial charge in [-0.2, -0.15) is 5.10 Å². The van der Waals surface area contributed by atoms with E-state index in [1.54, 1.807) is 0 Å². The third-order valence-electron chi connectivity index (χ3n) is 3.97. The van der Waals surface area contributed by atoms with E-state index in [4.69, 9.17) is 0 Å². The summed E-state index contributed by atoms with van der Waals surface area (Å²) in [6.07, 6.45) is 5.54. The maximum Gasteiger partial charge on any atom is 0.0547 e. The minimum Gasteiger partial charge on any atom is -0.378 e. The Morgan fingerprint density at radius 3 is 3.11 bits per heavy atom. The minimum atomic E-state index is 0.380. The molecule has 0 bridgehead atoms. The first-order chi connectivity index (χ1) is 9.16. The van der Waals surface area contributed by atoms with Crippen LogP contribution < -0.4 is 5.32 Å². The number of rotatable bonds is 2. The summed E-state index contributed by atoms with van der Waals surface area (Å²) in [5.74, 6) is 0. The normalized spacial score (nSPS) is 18.2. The number of benzene rings is 1. The van der Waals surface area contributed by atoms with E-state index in [2.05, 4.69) is 51.5 Å². The predicted molar refractivity (Wildman–Crippen MR) is 81.4 cm³/mol. The van der Waals surface area contributed by atoms with Gasteiger partial charge < -0.3 is 5.32 Å². The Hall–Kier alpha value is -1.29. The number of hydrogen-bond acceptors (Lipinski definition) is 2. The number of aryl methyl sites for hydroxylation is 1. The second-order valence-electron chi connectivity index (χ2n) is 5.17. The molecule has 0 radical (unpaired) electrons. The first-order valence-corrected chi connectivity index (χ1v) is 7.48. The van der Waals surface area contributed by atoms with E-state index >= 15 is 0 Å². The second-order valence-corrected chi connectivity index (χ2v) is 6.03. The molecule has 3 nitrogen and oxygen atoms in total. The lowest BCUT2D eigenvalue weighted by atomic mass is 9.92. The Kier molecular flexibility index (Phi) is 3.35. The van der Waals surface area contributed by atoms with Crippen molar-refractivity contribution in [3.05, 3.63) is 45.7 Å². The van der Waals surface area contributed by atoms with E-state index < -0.39 is 0 Å². The molecule has 0 saturated heterocycles. The van der Waals surface area contributed by atoms with Crippen LogP contribution in [0, 0.1) is 6.92 Å². The van der Waals surface area contributed by atoms with Crippen molar-refractivity contribution in [1.29, 1.82) is 0 Å². The van der Waals surface area contributed by atoms with E-state index in [9.17, 15) is 0 Å². The highest BCUT2D eigenvalue weighted by atomic mass is 79.9. The van der Waals surface area contributed by atoms with Crippen LogP contribution in [0.1, 0.15) is 35.7 Å². The van der Waals surface area contributed by atoms with Crippen molar-refractivity contribution in [2.45, 2.75) is 32.2 Å². The summed E-state index contributed by atoms with van der Waals surface area (Å²) in [5.41, 5.74) is 5.19. The lowest BCUT2D eigenvalue weighted by Gasteiger charge is -2.25. The van der Waals surface area contributed by atoms with Crippen molar-refractivity contribution < 1.29 is 0 Å². The summed E-state index contributed by atoms with van der Waals surface area (Å²) in [4.78, 5) is 0. The third-order valence-corrected chi connectivity index (χ3v) is 4.83. The molecule has 0 fully saturated rings. The topological polar surface area (TPSA) is 29.9 Å². The van der Waals surface area contributed by atoms with E-state index in [0.29, 0.717) is 6.04 Å². The number of aromatic nitrogens is 2. The van der Waals surface area contributed by atoms with Crippen LogP contribution in [-0.4, -0.2) is 9.78 Å². The SMILES string of the molecule is Cc1c(Br)cccc1NC1CCCc2c1cnn2C. The van der Waals surface area contributed by atoms with Crippen LogP contribution in [0.5, 0.6) is 0 Å². The summed E-state index contributed by atoms with van der Waals surface area (Å²) >= 11 is 3.59. The molecule has 4 heteroatoms. The lowest BCUT2D eigenvalue weighted by Crippen LogP contribution is -2.18. The van der Waals surface area contributed by atoms with Crippen LogP contribution in [0.25, 0.3) is 0 Å². The van der Waals surface area contributed by atoms with Crippen molar-refractivity contribution in [3.8, 4) is 0 Å². The monoisotopic (exact) mass is 319 g/mol. The van der Waals surface area contributed by atoms with Gasteiger partial charge in [-0.15, -0.1) is 0 Å². The quantitative estimate of drug-likeness (QED) is 0.907. The van der Waals surface area contributed by atoms with E-state index in [0.717, 1.165) is 10.9 Å². The summed E-state index contributed by atoms with van der Waals surface area (Å²) in [7, 11) is 2.03. The number of fused-ring (bicyclic) bond motifs is 1. The molecular weight excluding hydrogens is 302 g/mol. The second kappa shape index (κ2) is 5.00. The molecule has 1 unspecified atom stereocenters. The van der Waals surface area contributed by atoms with Crippen LogP contribution in [0.2, 0.25) is 0 Å². The molecule has 0 amide bonds. The molecule has 1 atom stereocenters. The van der Waals surface area contributed by atoms with Crippen molar-refractivity contribution in [2.75, 3.05) is 5.32 Å². The fourth-order valence-electron chi connectivity index (χ4n) is 2.81. The zero-order chi connectivity index (χ0) is 13.4. The molecule has 0 spiro atoms. The summed E-state index contributed by atoms with van der Waals surface area (Å²) in [5, 5.41) is 8.07. The Morgan fingerprint density at radius 1 is 1.42 bits per heavy atom. The zero-order valence-electron chi connectivity index (χ0n) is 11.3. The molecule has 1 heterocycles. The summed E-state index contributed by atoms with van der Waals surface area (Å²) in [6.45, 7) is 2.14. The molecule has 1 aromatic carbocycles. The van der Waals surface area contributed by atoms with Gasteiger partial charge >= 0.3 is 0 Å². The molecule has 2 aromatic rings. The number of nitrogens with zero attached hydrogens (tertiary/aromatic N) is 2. The highest BCUT2D eigenvalue weighted by molar-refractivity contribution is 9.10. The molecule has 3 rings (SSSR count). The highest BCUT2D eigenvalue weighted by Gasteiger charge is 2.23. The molecule has 1 aliphatic rings. The Morgan fingerprint density at radius 2 is 2.26 bits per heavy atom. The number of anilines is 1. The molecular formula is C15H18BrN3. The van der Waals surface area contributed by atoms with Crippen molar-refractivity contribution in [3.63, 3.8) is 0 Å². The Balaban J connectivity index is 1.91. The van der Waals surface area contributed by atoms with E-state index in [1.165, 1.54) is 35.3 Å². The predicted octanol–water partition coefficient (Wildman–Crippen LogP) is 3.98. The van der Waals surface area contributed by atoms with Gasteiger partial charge in [0.15, 0.2) is 0 Å². The fourth-order valence-corrected chi connectivity index (χ4v) is 3.17. The van der Waals surface area contributed by atoms with Crippen molar-refractivity contribution in [1.82, 2.24) is 9.78 Å². The van der Waals surface area contributed by atoms with Crippen LogP contribution in [-0.2, 0) is 13.5 Å². The summed E-state index contributed by atoms with van der Waals surface area (Å²) < 4.78 is 3.16. The largest absolute Gasteiger partial charge is 0.378 e. The van der Waals surface area contributed by atoms with Crippen LogP contribution in [0.4, 0.5) is 5.69 Å². The van der Waals surface area contributed by atoms with Gasteiger partial charge in [0.1, 0.15) is 0 Å². The minimum absolute atomic E-state index is 0.380. The van der Waals surface area contributed by atoms with Gasteiger partial charge in [-0.1, -0.05) is 22.0 Å². The maximum atomic E-state index is 4.40. The van der Waals surface area contributed by atoms with E-state index in [1.807, 2.05) is 17.9 Å². The van der Waals surface area contributed by atoms with Gasteiger partial charge in [-0.05, 0) is 43.9 Å². The molecule has 0 aliphatic heterocycles. The van der Waals surface area contributed by atoms with Gasteiger partial charge in [0.25, 0.3) is 0 Å². The highest BCUT2D eigenvalue weighted by Crippen LogP contribution is 2.34. The van der Waals surface area contributed by atoms with Crippen LogP contribution in [0.15, 0.2) is 28.9 Å². The molecule has 100 valence electrons.